The van der Waals surface area contributed by atoms with Gasteiger partial charge in [-0.25, -0.2) is 0 Å². The first-order chi connectivity index (χ1) is 11.5. The molecule has 126 valence electrons. The van der Waals surface area contributed by atoms with E-state index in [-0.39, 0.29) is 18.2 Å². The van der Waals surface area contributed by atoms with Gasteiger partial charge in [0.05, 0.1) is 12.5 Å². The number of hydrogen-bond donors (Lipinski definition) is 2. The molecule has 2 aromatic rings. The van der Waals surface area contributed by atoms with Crippen LogP contribution in [0.2, 0.25) is 5.02 Å². The van der Waals surface area contributed by atoms with Crippen molar-refractivity contribution >= 4 is 29.1 Å². The molecule has 2 rings (SSSR count). The van der Waals surface area contributed by atoms with E-state index in [1.165, 1.54) is 6.92 Å². The summed E-state index contributed by atoms with van der Waals surface area (Å²) < 4.78 is 0. The Balaban J connectivity index is 2.08. The molecule has 0 spiro atoms. The Kier molecular flexibility index (Phi) is 6.38. The first-order valence-corrected chi connectivity index (χ1v) is 8.27. The molecule has 0 radical (unpaired) electrons. The van der Waals surface area contributed by atoms with Crippen molar-refractivity contribution in [2.75, 3.05) is 5.32 Å². The lowest BCUT2D eigenvalue weighted by molar-refractivity contribution is -0.120. The average Bonchev–Trinajstić information content (AvgIpc) is 2.54. The van der Waals surface area contributed by atoms with E-state index in [4.69, 9.17) is 11.6 Å². The monoisotopic (exact) mass is 344 g/mol. The maximum absolute atomic E-state index is 12.4. The molecule has 0 aliphatic rings. The minimum Gasteiger partial charge on any atom is -0.349 e. The molecule has 0 saturated heterocycles. The van der Waals surface area contributed by atoms with E-state index in [1.54, 1.807) is 12.1 Å². The van der Waals surface area contributed by atoms with Crippen molar-refractivity contribution in [1.82, 2.24) is 5.32 Å². The second-order valence-electron chi connectivity index (χ2n) is 5.61. The predicted molar refractivity (Wildman–Crippen MR) is 97.1 cm³/mol. The number of aryl methyl sites for hydroxylation is 1. The highest BCUT2D eigenvalue weighted by Gasteiger charge is 2.17. The largest absolute Gasteiger partial charge is 0.349 e. The molecule has 0 aromatic heterocycles. The fourth-order valence-corrected chi connectivity index (χ4v) is 2.59. The number of halogens is 1. The van der Waals surface area contributed by atoms with E-state index in [0.717, 1.165) is 23.2 Å². The molecule has 5 heteroatoms. The van der Waals surface area contributed by atoms with Crippen LogP contribution in [0.5, 0.6) is 0 Å². The summed E-state index contributed by atoms with van der Waals surface area (Å²) in [4.78, 5) is 23.8. The van der Waals surface area contributed by atoms with Gasteiger partial charge >= 0.3 is 0 Å². The van der Waals surface area contributed by atoms with Crippen molar-refractivity contribution in [2.24, 2.45) is 0 Å². The Labute approximate surface area is 147 Å². The van der Waals surface area contributed by atoms with Crippen LogP contribution >= 0.6 is 11.6 Å². The first kappa shape index (κ1) is 18.0. The van der Waals surface area contributed by atoms with Crippen molar-refractivity contribution in [2.45, 2.75) is 32.7 Å². The Morgan fingerprint density at radius 2 is 1.83 bits per heavy atom. The minimum atomic E-state index is -0.394. The Bertz CT molecular complexity index is 714. The fourth-order valence-electron chi connectivity index (χ4n) is 2.46. The van der Waals surface area contributed by atoms with Crippen molar-refractivity contribution in [3.63, 3.8) is 0 Å². The van der Waals surface area contributed by atoms with Crippen LogP contribution in [0.3, 0.4) is 0 Å². The lowest BCUT2D eigenvalue weighted by Crippen LogP contribution is -2.29. The third-order valence-corrected chi connectivity index (χ3v) is 3.91. The SMILES string of the molecule is CCc1cccc(NC(=O)CC(NC(C)=O)c2ccc(Cl)cc2)c1. The normalized spacial score (nSPS) is 11.6. The zero-order chi connectivity index (χ0) is 17.5. The third-order valence-electron chi connectivity index (χ3n) is 3.66. The van der Waals surface area contributed by atoms with Crippen molar-refractivity contribution in [3.8, 4) is 0 Å². The quantitative estimate of drug-likeness (QED) is 0.828. The molecule has 0 aliphatic heterocycles. The number of carbonyl (C=O) groups is 2. The van der Waals surface area contributed by atoms with E-state index in [0.29, 0.717) is 5.02 Å². The van der Waals surface area contributed by atoms with E-state index in [9.17, 15) is 9.59 Å². The smallest absolute Gasteiger partial charge is 0.226 e. The van der Waals surface area contributed by atoms with Gasteiger partial charge in [-0.2, -0.15) is 0 Å². The van der Waals surface area contributed by atoms with Gasteiger partial charge in [0, 0.05) is 17.6 Å². The number of amides is 2. The van der Waals surface area contributed by atoms with E-state index < -0.39 is 6.04 Å². The van der Waals surface area contributed by atoms with Gasteiger partial charge in [0.15, 0.2) is 0 Å². The zero-order valence-corrected chi connectivity index (χ0v) is 14.6. The van der Waals surface area contributed by atoms with Crippen LogP contribution in [0, 0.1) is 0 Å². The van der Waals surface area contributed by atoms with E-state index in [1.807, 2.05) is 36.4 Å². The maximum atomic E-state index is 12.4. The molecule has 2 amide bonds. The van der Waals surface area contributed by atoms with Crippen LogP contribution in [0.1, 0.15) is 37.4 Å². The number of anilines is 1. The molecule has 0 saturated carbocycles. The van der Waals surface area contributed by atoms with Crippen LogP contribution in [0.4, 0.5) is 5.69 Å². The summed E-state index contributed by atoms with van der Waals surface area (Å²) in [7, 11) is 0. The van der Waals surface area contributed by atoms with Crippen LogP contribution in [0.25, 0.3) is 0 Å². The third kappa shape index (κ3) is 5.39. The molecule has 0 fully saturated rings. The number of benzene rings is 2. The second kappa shape index (κ2) is 8.50. The molecule has 24 heavy (non-hydrogen) atoms. The average molecular weight is 345 g/mol. The number of carbonyl (C=O) groups excluding carboxylic acids is 2. The second-order valence-corrected chi connectivity index (χ2v) is 6.05. The van der Waals surface area contributed by atoms with Crippen molar-refractivity contribution in [3.05, 3.63) is 64.7 Å². The number of nitrogens with one attached hydrogen (secondary N) is 2. The van der Waals surface area contributed by atoms with Gasteiger partial charge in [-0.05, 0) is 41.8 Å². The molecule has 4 nitrogen and oxygen atoms in total. The molecule has 2 aromatic carbocycles. The topological polar surface area (TPSA) is 58.2 Å². The summed E-state index contributed by atoms with van der Waals surface area (Å²) in [5.41, 5.74) is 2.76. The van der Waals surface area contributed by atoms with Gasteiger partial charge < -0.3 is 10.6 Å². The molecular weight excluding hydrogens is 324 g/mol. The van der Waals surface area contributed by atoms with Gasteiger partial charge in [0.1, 0.15) is 0 Å². The zero-order valence-electron chi connectivity index (χ0n) is 13.8. The molecule has 1 unspecified atom stereocenters. The van der Waals surface area contributed by atoms with Gasteiger partial charge in [0.2, 0.25) is 11.8 Å². The summed E-state index contributed by atoms with van der Waals surface area (Å²) in [6.07, 6.45) is 1.06. The lowest BCUT2D eigenvalue weighted by Gasteiger charge is -2.18. The van der Waals surface area contributed by atoms with Gasteiger partial charge in [-0.1, -0.05) is 42.8 Å². The standard InChI is InChI=1S/C19H21ClN2O2/c1-3-14-5-4-6-17(11-14)22-19(24)12-18(21-13(2)23)15-7-9-16(20)10-8-15/h4-11,18H,3,12H2,1-2H3,(H,21,23)(H,22,24). The van der Waals surface area contributed by atoms with Crippen LogP contribution in [-0.4, -0.2) is 11.8 Å². The highest BCUT2D eigenvalue weighted by molar-refractivity contribution is 6.30. The number of hydrogen-bond acceptors (Lipinski definition) is 2. The summed E-state index contributed by atoms with van der Waals surface area (Å²) in [6, 6.07) is 14.5. The van der Waals surface area contributed by atoms with Crippen molar-refractivity contribution < 1.29 is 9.59 Å². The fraction of sp³-hybridized carbons (Fsp3) is 0.263. The van der Waals surface area contributed by atoms with Crippen LogP contribution < -0.4 is 10.6 Å². The van der Waals surface area contributed by atoms with Gasteiger partial charge in [-0.15, -0.1) is 0 Å². The summed E-state index contributed by atoms with van der Waals surface area (Å²) in [6.45, 7) is 3.50. The molecule has 2 N–H and O–H groups in total. The Hall–Kier alpha value is -2.33. The number of rotatable bonds is 6. The lowest BCUT2D eigenvalue weighted by atomic mass is 10.0. The molecular formula is C19H21ClN2O2. The first-order valence-electron chi connectivity index (χ1n) is 7.89. The Morgan fingerprint density at radius 3 is 2.46 bits per heavy atom. The summed E-state index contributed by atoms with van der Waals surface area (Å²) in [5, 5.41) is 6.31. The molecule has 0 heterocycles. The van der Waals surface area contributed by atoms with Crippen LogP contribution in [0.15, 0.2) is 48.5 Å². The minimum absolute atomic E-state index is 0.150. The van der Waals surface area contributed by atoms with E-state index in [2.05, 4.69) is 17.6 Å². The molecule has 1 atom stereocenters. The summed E-state index contributed by atoms with van der Waals surface area (Å²) >= 11 is 5.90. The highest BCUT2D eigenvalue weighted by atomic mass is 35.5. The van der Waals surface area contributed by atoms with Crippen LogP contribution in [-0.2, 0) is 16.0 Å². The maximum Gasteiger partial charge on any atom is 0.226 e. The predicted octanol–water partition coefficient (Wildman–Crippen LogP) is 4.11. The van der Waals surface area contributed by atoms with Crippen molar-refractivity contribution in [1.29, 1.82) is 0 Å². The highest BCUT2D eigenvalue weighted by Crippen LogP contribution is 2.20. The molecule has 0 bridgehead atoms. The van der Waals surface area contributed by atoms with Gasteiger partial charge in [-0.3, -0.25) is 9.59 Å². The Morgan fingerprint density at radius 1 is 1.12 bits per heavy atom. The summed E-state index contributed by atoms with van der Waals surface area (Å²) in [5.74, 6) is -0.340. The molecule has 0 aliphatic carbocycles. The van der Waals surface area contributed by atoms with E-state index >= 15 is 0 Å². The van der Waals surface area contributed by atoms with Gasteiger partial charge in [0.25, 0.3) is 0 Å².